The number of furan rings is 1. The largest absolute Gasteiger partial charge is 0.502 e. The van der Waals surface area contributed by atoms with Crippen molar-refractivity contribution >= 4 is 23.5 Å². The molecular weight excluding hydrogens is 522 g/mol. The van der Waals surface area contributed by atoms with Gasteiger partial charge in [0.25, 0.3) is 5.91 Å². The number of hydrogen-bond acceptors (Lipinski definition) is 10. The van der Waals surface area contributed by atoms with E-state index in [4.69, 9.17) is 19.7 Å². The number of hydrogen-bond donors (Lipinski definition) is 3. The van der Waals surface area contributed by atoms with Crippen molar-refractivity contribution in [2.24, 2.45) is 5.84 Å². The number of aryl methyl sites for hydroxylation is 2. The minimum Gasteiger partial charge on any atom is -0.502 e. The van der Waals surface area contributed by atoms with Crippen LogP contribution in [0.15, 0.2) is 71.3 Å². The van der Waals surface area contributed by atoms with Crippen molar-refractivity contribution in [1.29, 1.82) is 0 Å². The van der Waals surface area contributed by atoms with Crippen molar-refractivity contribution in [2.45, 2.75) is 20.5 Å². The number of rotatable bonds is 8. The molecule has 12 heteroatoms. The highest BCUT2D eigenvalue weighted by Gasteiger charge is 2.33. The molecule has 1 amide bonds. The lowest BCUT2D eigenvalue weighted by Crippen LogP contribution is -2.32. The van der Waals surface area contributed by atoms with Crippen LogP contribution in [0.5, 0.6) is 11.5 Å². The first kappa shape index (κ1) is 27.5. The second kappa shape index (κ2) is 11.5. The number of benzene rings is 3. The van der Waals surface area contributed by atoms with Crippen LogP contribution in [0.1, 0.15) is 48.0 Å². The second-order valence-corrected chi connectivity index (χ2v) is 8.66. The third-order valence-electron chi connectivity index (χ3n) is 6.08. The second-order valence-electron chi connectivity index (χ2n) is 8.66. The van der Waals surface area contributed by atoms with Crippen LogP contribution in [-0.4, -0.2) is 27.9 Å². The molecule has 4 N–H and O–H groups in total. The molecule has 0 spiro atoms. The number of ether oxygens (including phenoxy) is 2. The molecule has 204 valence electrons. The fraction of sp³-hybridized carbons (Fsp3) is 0.107. The van der Waals surface area contributed by atoms with E-state index in [1.807, 2.05) is 32.0 Å². The lowest BCUT2D eigenvalue weighted by atomic mass is 10.0. The molecule has 0 atom stereocenters. The maximum Gasteiger partial charge on any atom is 0.382 e. The molecule has 0 aliphatic heterocycles. The first-order valence-electron chi connectivity index (χ1n) is 11.7. The number of esters is 2. The molecule has 0 radical (unpaired) electrons. The Morgan fingerprint density at radius 3 is 2.50 bits per heavy atom. The molecule has 0 bridgehead atoms. The van der Waals surface area contributed by atoms with E-state index < -0.39 is 45.3 Å². The van der Waals surface area contributed by atoms with Gasteiger partial charge in [0.2, 0.25) is 5.76 Å². The summed E-state index contributed by atoms with van der Waals surface area (Å²) in [4.78, 5) is 48.3. The van der Waals surface area contributed by atoms with Gasteiger partial charge in [-0.1, -0.05) is 30.3 Å². The summed E-state index contributed by atoms with van der Waals surface area (Å²) in [6.45, 7) is 4.35. The fourth-order valence-corrected chi connectivity index (χ4v) is 3.93. The zero-order chi connectivity index (χ0) is 29.0. The smallest absolute Gasteiger partial charge is 0.382 e. The zero-order valence-electron chi connectivity index (χ0n) is 21.3. The molecule has 0 fully saturated rings. The number of carbonyl (C=O) groups excluding carboxylic acids is 3. The first-order valence-corrected chi connectivity index (χ1v) is 11.7. The molecule has 4 aromatic rings. The number of phenolic OH excluding ortho intramolecular Hbond substituents is 1. The molecule has 0 saturated carbocycles. The summed E-state index contributed by atoms with van der Waals surface area (Å²) < 4.78 is 16.1. The van der Waals surface area contributed by atoms with Crippen molar-refractivity contribution in [2.75, 3.05) is 0 Å². The van der Waals surface area contributed by atoms with Crippen LogP contribution < -0.4 is 16.0 Å². The van der Waals surface area contributed by atoms with Gasteiger partial charge in [-0.05, 0) is 66.4 Å². The highest BCUT2D eigenvalue weighted by Crippen LogP contribution is 2.33. The normalized spacial score (nSPS) is 10.6. The Bertz CT molecular complexity index is 1640. The summed E-state index contributed by atoms with van der Waals surface area (Å²) in [5.74, 6) is 0.500. The number of phenols is 1. The molecule has 4 rings (SSSR count). The number of carbonyl (C=O) groups is 3. The molecular formula is C28H23N3O9. The Balaban J connectivity index is 1.56. The minimum atomic E-state index is -1.40. The van der Waals surface area contributed by atoms with Gasteiger partial charge in [-0.2, -0.15) is 0 Å². The predicted molar refractivity (Wildman–Crippen MR) is 141 cm³/mol. The van der Waals surface area contributed by atoms with Crippen LogP contribution in [0.3, 0.4) is 0 Å². The van der Waals surface area contributed by atoms with E-state index in [2.05, 4.69) is 0 Å². The Kier molecular flexibility index (Phi) is 7.91. The Morgan fingerprint density at radius 1 is 1.02 bits per heavy atom. The van der Waals surface area contributed by atoms with Crippen LogP contribution in [0.2, 0.25) is 0 Å². The van der Waals surface area contributed by atoms with E-state index in [1.165, 1.54) is 17.9 Å². The topological polar surface area (TPSA) is 184 Å². The molecule has 0 unspecified atom stereocenters. The maximum absolute atomic E-state index is 12.9. The summed E-state index contributed by atoms with van der Waals surface area (Å²) in [5.41, 5.74) is 3.14. The standard InChI is InChI=1S/C28H23N3O9/c1-15-6-7-17(12-16(15)2)14-39-19-5-3-4-18(13-19)20-10-11-38-25(20)28(35)40-27(34)21-8-9-22(32)24(31(36)37)23(21)26(33)30-29/h3-13,32H,14,29H2,1-2H3,(H,30,33). The van der Waals surface area contributed by atoms with E-state index in [0.717, 1.165) is 23.3 Å². The summed E-state index contributed by atoms with van der Waals surface area (Å²) in [6.07, 6.45) is 1.22. The van der Waals surface area contributed by atoms with Crippen molar-refractivity contribution in [1.82, 2.24) is 5.43 Å². The van der Waals surface area contributed by atoms with Gasteiger partial charge in [0.1, 0.15) is 17.9 Å². The third kappa shape index (κ3) is 5.66. The van der Waals surface area contributed by atoms with Crippen molar-refractivity contribution in [3.63, 3.8) is 0 Å². The monoisotopic (exact) mass is 545 g/mol. The molecule has 12 nitrogen and oxygen atoms in total. The van der Waals surface area contributed by atoms with Gasteiger partial charge in [0.15, 0.2) is 5.75 Å². The highest BCUT2D eigenvalue weighted by atomic mass is 16.6. The van der Waals surface area contributed by atoms with Gasteiger partial charge in [-0.15, -0.1) is 0 Å². The number of nitrogens with two attached hydrogens (primary N) is 1. The molecule has 0 aliphatic rings. The van der Waals surface area contributed by atoms with E-state index in [-0.39, 0.29) is 11.3 Å². The van der Waals surface area contributed by atoms with Crippen molar-refractivity contribution < 1.29 is 38.3 Å². The minimum absolute atomic E-state index is 0.283. The van der Waals surface area contributed by atoms with Crippen LogP contribution in [0, 0.1) is 24.0 Å². The van der Waals surface area contributed by atoms with Gasteiger partial charge in [0, 0.05) is 5.56 Å². The van der Waals surface area contributed by atoms with Crippen LogP contribution in [0.4, 0.5) is 5.69 Å². The maximum atomic E-state index is 12.9. The molecule has 0 aliphatic carbocycles. The highest BCUT2D eigenvalue weighted by molar-refractivity contribution is 6.12. The zero-order valence-corrected chi connectivity index (χ0v) is 21.3. The lowest BCUT2D eigenvalue weighted by Gasteiger charge is -2.10. The van der Waals surface area contributed by atoms with Crippen LogP contribution in [-0.2, 0) is 11.3 Å². The number of nitrogens with one attached hydrogen (secondary N) is 1. The van der Waals surface area contributed by atoms with E-state index in [9.17, 15) is 29.6 Å². The third-order valence-corrected chi connectivity index (χ3v) is 6.08. The number of nitro groups is 1. The number of amides is 1. The lowest BCUT2D eigenvalue weighted by molar-refractivity contribution is -0.386. The van der Waals surface area contributed by atoms with E-state index in [0.29, 0.717) is 17.9 Å². The Labute approximate surface area is 227 Å². The van der Waals surface area contributed by atoms with E-state index >= 15 is 0 Å². The van der Waals surface area contributed by atoms with Gasteiger partial charge in [-0.3, -0.25) is 20.3 Å². The predicted octanol–water partition coefficient (Wildman–Crippen LogP) is 4.36. The SMILES string of the molecule is Cc1ccc(COc2cccc(-c3ccoc3C(=O)OC(=O)c3ccc(O)c([N+](=O)[O-])c3C(=O)NN)c2)cc1C. The average Bonchev–Trinajstić information content (AvgIpc) is 3.43. The van der Waals surface area contributed by atoms with Gasteiger partial charge in [-0.25, -0.2) is 15.4 Å². The average molecular weight is 546 g/mol. The van der Waals surface area contributed by atoms with Gasteiger partial charge >= 0.3 is 17.6 Å². The molecule has 1 aromatic heterocycles. The Morgan fingerprint density at radius 2 is 1.80 bits per heavy atom. The van der Waals surface area contributed by atoms with E-state index in [1.54, 1.807) is 29.7 Å². The summed E-state index contributed by atoms with van der Waals surface area (Å²) in [5, 5.41) is 21.3. The molecule has 40 heavy (non-hydrogen) atoms. The molecule has 1 heterocycles. The number of hydrazine groups is 1. The number of nitrogen functional groups attached to an aromatic ring is 1. The quantitative estimate of drug-likeness (QED) is 0.0718. The van der Waals surface area contributed by atoms with Crippen LogP contribution in [0.25, 0.3) is 11.1 Å². The molecule has 3 aromatic carbocycles. The molecule has 0 saturated heterocycles. The van der Waals surface area contributed by atoms with Crippen molar-refractivity contribution in [3.05, 3.63) is 111 Å². The Hall–Kier alpha value is -5.49. The fourth-order valence-electron chi connectivity index (χ4n) is 3.93. The number of aromatic hydroxyl groups is 1. The summed E-state index contributed by atoms with van der Waals surface area (Å²) in [6, 6.07) is 16.0. The van der Waals surface area contributed by atoms with Crippen LogP contribution >= 0.6 is 0 Å². The van der Waals surface area contributed by atoms with Gasteiger partial charge in [0.05, 0.1) is 16.7 Å². The summed E-state index contributed by atoms with van der Waals surface area (Å²) in [7, 11) is 0. The van der Waals surface area contributed by atoms with Crippen molar-refractivity contribution in [3.8, 4) is 22.6 Å². The number of nitro benzene ring substituents is 1. The number of nitrogens with zero attached hydrogens (tertiary/aromatic N) is 1. The summed E-state index contributed by atoms with van der Waals surface area (Å²) >= 11 is 0. The van der Waals surface area contributed by atoms with Gasteiger partial charge < -0.3 is 19.0 Å². The first-order chi connectivity index (χ1) is 19.1.